The Labute approximate surface area is 379 Å². The maximum Gasteiger partial charge on any atom is 0.0726 e. The first-order valence-electron chi connectivity index (χ1n) is 23.1. The highest BCUT2D eigenvalue weighted by Crippen LogP contribution is 2.63. The predicted molar refractivity (Wildman–Crippen MR) is 270 cm³/mol. The van der Waals surface area contributed by atoms with E-state index in [1.54, 1.807) is 0 Å². The van der Waals surface area contributed by atoms with Crippen molar-refractivity contribution in [1.29, 1.82) is 0 Å². The fourth-order valence-electron chi connectivity index (χ4n) is 12.3. The second-order valence-electron chi connectivity index (χ2n) is 18.2. The maximum absolute atomic E-state index is 2.54. The Morgan fingerprint density at radius 2 is 0.923 bits per heavy atom. The topological polar surface area (TPSA) is 4.93 Å². The molecule has 10 aromatic carbocycles. The first-order chi connectivity index (χ1) is 32.2. The Kier molecular flexibility index (Phi) is 7.86. The highest BCUT2D eigenvalue weighted by atomic mass is 15.0. The van der Waals surface area contributed by atoms with E-state index in [-0.39, 0.29) is 0 Å². The minimum Gasteiger partial charge on any atom is -0.309 e. The third-order valence-electron chi connectivity index (χ3n) is 15.1. The van der Waals surface area contributed by atoms with Crippen LogP contribution in [0.2, 0.25) is 0 Å². The van der Waals surface area contributed by atoms with E-state index in [4.69, 9.17) is 0 Å². The van der Waals surface area contributed by atoms with Crippen molar-refractivity contribution in [2.75, 3.05) is 0 Å². The van der Waals surface area contributed by atoms with Gasteiger partial charge in [-0.2, -0.15) is 0 Å². The van der Waals surface area contributed by atoms with E-state index < -0.39 is 5.41 Å². The van der Waals surface area contributed by atoms with Gasteiger partial charge in [0.05, 0.1) is 16.4 Å². The molecule has 1 spiro atoms. The molecule has 0 bridgehead atoms. The molecule has 14 rings (SSSR count). The molecule has 0 N–H and O–H groups in total. The molecule has 0 fully saturated rings. The first-order valence-corrected chi connectivity index (χ1v) is 23.1. The summed E-state index contributed by atoms with van der Waals surface area (Å²) < 4.78 is 2.50. The lowest BCUT2D eigenvalue weighted by atomic mass is 9.70. The molecule has 1 atom stereocenters. The van der Waals surface area contributed by atoms with E-state index >= 15 is 0 Å². The van der Waals surface area contributed by atoms with Crippen LogP contribution in [0.3, 0.4) is 0 Å². The average Bonchev–Trinajstić information content (AvgIpc) is 3.92. The number of hydrogen-bond donors (Lipinski definition) is 0. The van der Waals surface area contributed by atoms with Gasteiger partial charge in [-0.15, -0.1) is 0 Å². The molecule has 0 radical (unpaired) electrons. The van der Waals surface area contributed by atoms with Gasteiger partial charge in [-0.05, 0) is 150 Å². The molecule has 3 aliphatic carbocycles. The van der Waals surface area contributed by atoms with Crippen molar-refractivity contribution in [1.82, 2.24) is 4.57 Å². The zero-order chi connectivity index (χ0) is 42.6. The molecule has 65 heavy (non-hydrogen) atoms. The second-order valence-corrected chi connectivity index (χ2v) is 18.2. The number of benzene rings is 10. The Morgan fingerprint density at radius 1 is 0.354 bits per heavy atom. The average molecular weight is 826 g/mol. The molecule has 0 saturated heterocycles. The van der Waals surface area contributed by atoms with E-state index in [0.29, 0.717) is 5.92 Å². The first kappa shape index (κ1) is 36.5. The van der Waals surface area contributed by atoms with Gasteiger partial charge in [-0.25, -0.2) is 0 Å². The summed E-state index contributed by atoms with van der Waals surface area (Å²) in [4.78, 5) is 0. The van der Waals surface area contributed by atoms with Gasteiger partial charge in [0.1, 0.15) is 0 Å². The summed E-state index contributed by atoms with van der Waals surface area (Å²) in [7, 11) is 0. The number of nitrogens with zero attached hydrogens (tertiary/aromatic N) is 1. The molecule has 11 aromatic rings. The number of aromatic nitrogens is 1. The Bertz CT molecular complexity index is 3670. The van der Waals surface area contributed by atoms with Gasteiger partial charge in [0.15, 0.2) is 0 Å². The van der Waals surface area contributed by atoms with Crippen molar-refractivity contribution in [2.45, 2.75) is 24.2 Å². The van der Waals surface area contributed by atoms with Crippen molar-refractivity contribution < 1.29 is 0 Å². The fourth-order valence-corrected chi connectivity index (χ4v) is 12.3. The molecule has 1 nitrogen and oxygen atoms in total. The Balaban J connectivity index is 0.952. The summed E-state index contributed by atoms with van der Waals surface area (Å²) in [6.45, 7) is 0. The van der Waals surface area contributed by atoms with Crippen LogP contribution in [0, 0.1) is 0 Å². The lowest BCUT2D eigenvalue weighted by Gasteiger charge is -2.30. The van der Waals surface area contributed by atoms with E-state index in [2.05, 4.69) is 235 Å². The van der Waals surface area contributed by atoms with E-state index in [1.807, 2.05) is 0 Å². The van der Waals surface area contributed by atoms with Gasteiger partial charge in [0.2, 0.25) is 0 Å². The van der Waals surface area contributed by atoms with Crippen molar-refractivity contribution in [2.24, 2.45) is 0 Å². The van der Waals surface area contributed by atoms with Gasteiger partial charge in [0, 0.05) is 22.4 Å². The number of hydrogen-bond acceptors (Lipinski definition) is 0. The SMILES string of the molecule is c1ccc(-c2cccc(C3CCc4ccc(-c5ccc6c(c5)c5cc7c(cc5n6-c5ccccc5)C5(c6ccccc6-c6ccccc65)c5ccccc5-7)cc4-c4ccccc43)c2)cc1. The molecule has 1 unspecified atom stereocenters. The van der Waals surface area contributed by atoms with Crippen LogP contribution in [0.4, 0.5) is 0 Å². The predicted octanol–water partition coefficient (Wildman–Crippen LogP) is 16.2. The molecule has 3 aliphatic rings. The molecule has 1 heterocycles. The minimum atomic E-state index is -0.404. The number of fused-ring (bicyclic) bond motifs is 16. The van der Waals surface area contributed by atoms with E-state index in [0.717, 1.165) is 12.8 Å². The summed E-state index contributed by atoms with van der Waals surface area (Å²) in [5.41, 5.74) is 25.9. The van der Waals surface area contributed by atoms with Crippen molar-refractivity contribution in [3.05, 3.63) is 269 Å². The van der Waals surface area contributed by atoms with Crippen LogP contribution in [0.5, 0.6) is 0 Å². The van der Waals surface area contributed by atoms with Gasteiger partial charge in [0.25, 0.3) is 0 Å². The molecule has 0 amide bonds. The van der Waals surface area contributed by atoms with Crippen LogP contribution in [0.1, 0.15) is 51.3 Å². The van der Waals surface area contributed by atoms with Gasteiger partial charge >= 0.3 is 0 Å². The standard InChI is InChI=1S/C64H43N/c1-3-16-41(17-4-1)43-18-15-19-46(36-43)48-34-32-42-30-31-44(37-54(42)50-23-8-7-22-49(48)50)45-33-35-62-56(38-45)57-39-55-53-26-11-14-29-60(53)64(61(55)40-63(57)65(62)47-20-5-2-6-21-47)58-27-12-9-24-51(58)52-25-10-13-28-59(52)64/h1-31,33,35-40,48H,32,34H2. The molecule has 0 aliphatic heterocycles. The number of para-hydroxylation sites is 1. The lowest BCUT2D eigenvalue weighted by Crippen LogP contribution is -2.25. The van der Waals surface area contributed by atoms with Crippen molar-refractivity contribution in [3.63, 3.8) is 0 Å². The third-order valence-corrected chi connectivity index (χ3v) is 15.1. The Hall–Kier alpha value is -8.00. The number of aryl methyl sites for hydroxylation is 1. The summed E-state index contributed by atoms with van der Waals surface area (Å²) in [6.07, 6.45) is 2.09. The second kappa shape index (κ2) is 14.0. The normalized spacial score (nSPS) is 14.9. The summed E-state index contributed by atoms with van der Waals surface area (Å²) in [6, 6.07) is 86.9. The molecule has 304 valence electrons. The van der Waals surface area contributed by atoms with Crippen LogP contribution >= 0.6 is 0 Å². The van der Waals surface area contributed by atoms with Crippen LogP contribution in [0.25, 0.3) is 83.1 Å². The number of rotatable bonds is 4. The van der Waals surface area contributed by atoms with Crippen LogP contribution < -0.4 is 0 Å². The largest absolute Gasteiger partial charge is 0.309 e. The van der Waals surface area contributed by atoms with Crippen LogP contribution in [-0.4, -0.2) is 4.57 Å². The molecule has 1 heteroatoms. The highest BCUT2D eigenvalue weighted by molar-refractivity contribution is 6.13. The monoisotopic (exact) mass is 825 g/mol. The summed E-state index contributed by atoms with van der Waals surface area (Å²) in [5, 5.41) is 2.54. The summed E-state index contributed by atoms with van der Waals surface area (Å²) >= 11 is 0. The lowest BCUT2D eigenvalue weighted by molar-refractivity contribution is 0.726. The van der Waals surface area contributed by atoms with Gasteiger partial charge < -0.3 is 4.57 Å². The van der Waals surface area contributed by atoms with Crippen LogP contribution in [-0.2, 0) is 11.8 Å². The van der Waals surface area contributed by atoms with Crippen LogP contribution in [0.15, 0.2) is 231 Å². The Morgan fingerprint density at radius 3 is 1.66 bits per heavy atom. The van der Waals surface area contributed by atoms with Gasteiger partial charge in [-0.1, -0.05) is 188 Å². The zero-order valence-corrected chi connectivity index (χ0v) is 35.9. The quantitative estimate of drug-likeness (QED) is 0.167. The summed E-state index contributed by atoms with van der Waals surface area (Å²) in [5.74, 6) is 0.309. The van der Waals surface area contributed by atoms with E-state index in [1.165, 1.54) is 122 Å². The molecular weight excluding hydrogens is 783 g/mol. The zero-order valence-electron chi connectivity index (χ0n) is 35.9. The highest BCUT2D eigenvalue weighted by Gasteiger charge is 2.51. The smallest absolute Gasteiger partial charge is 0.0726 e. The maximum atomic E-state index is 2.54. The van der Waals surface area contributed by atoms with Gasteiger partial charge in [-0.3, -0.25) is 0 Å². The minimum absolute atomic E-state index is 0.309. The molecule has 0 saturated carbocycles. The fraction of sp³-hybridized carbons (Fsp3) is 0.0625. The molecule has 1 aromatic heterocycles. The third kappa shape index (κ3) is 5.21. The van der Waals surface area contributed by atoms with Crippen molar-refractivity contribution >= 4 is 21.8 Å². The van der Waals surface area contributed by atoms with Crippen molar-refractivity contribution in [3.8, 4) is 61.3 Å². The molecular formula is C64H43N. The van der Waals surface area contributed by atoms with E-state index in [9.17, 15) is 0 Å².